The van der Waals surface area contributed by atoms with Crippen molar-refractivity contribution < 1.29 is 22.7 Å². The van der Waals surface area contributed by atoms with Crippen LogP contribution in [0.4, 0.5) is 5.69 Å². The second kappa shape index (κ2) is 8.58. The van der Waals surface area contributed by atoms with Gasteiger partial charge in [0.1, 0.15) is 11.8 Å². The molecule has 2 amide bonds. The molecule has 1 atom stereocenters. The highest BCUT2D eigenvalue weighted by Crippen LogP contribution is 2.29. The first-order valence-electron chi connectivity index (χ1n) is 10.2. The van der Waals surface area contributed by atoms with Gasteiger partial charge in [-0.1, -0.05) is 18.2 Å². The van der Waals surface area contributed by atoms with Gasteiger partial charge in [0.25, 0.3) is 10.0 Å². The average Bonchev–Trinajstić information content (AvgIpc) is 3.21. The van der Waals surface area contributed by atoms with Crippen LogP contribution in [0.5, 0.6) is 5.75 Å². The molecule has 4 rings (SSSR count). The molecule has 9 heteroatoms. The lowest BCUT2D eigenvalue weighted by Gasteiger charge is -2.38. The number of rotatable bonds is 5. The van der Waals surface area contributed by atoms with Gasteiger partial charge >= 0.3 is 0 Å². The van der Waals surface area contributed by atoms with E-state index in [9.17, 15) is 18.0 Å². The quantitative estimate of drug-likeness (QED) is 0.700. The summed E-state index contributed by atoms with van der Waals surface area (Å²) in [6.07, 6.45) is 0.261. The number of ether oxygens (including phenoxy) is 1. The standard InChI is InChI=1S/C22H25N3O5S/c1-30-18-9-7-17(8-10-18)23-13-15-24(16-14-23)22(27)20-11-12-21(26)25(20)31(28,29)19-5-3-2-4-6-19/h2-10,20H,11-16H2,1H3/t20-/m1/s1. The lowest BCUT2D eigenvalue weighted by molar-refractivity contribution is -0.138. The fourth-order valence-electron chi connectivity index (χ4n) is 4.08. The van der Waals surface area contributed by atoms with Gasteiger partial charge < -0.3 is 14.5 Å². The third-order valence-corrected chi connectivity index (χ3v) is 7.62. The molecule has 164 valence electrons. The fourth-order valence-corrected chi connectivity index (χ4v) is 5.70. The summed E-state index contributed by atoms with van der Waals surface area (Å²) in [6, 6.07) is 14.5. The predicted octanol–water partition coefficient (Wildman–Crippen LogP) is 1.72. The Balaban J connectivity index is 1.46. The molecule has 0 radical (unpaired) electrons. The number of piperazine rings is 1. The number of benzene rings is 2. The first kappa shape index (κ1) is 21.2. The molecule has 0 spiro atoms. The maximum Gasteiger partial charge on any atom is 0.267 e. The van der Waals surface area contributed by atoms with E-state index < -0.39 is 22.0 Å². The second-order valence-electron chi connectivity index (χ2n) is 7.57. The maximum atomic E-state index is 13.2. The molecule has 0 aliphatic carbocycles. The SMILES string of the molecule is COc1ccc(N2CCN(C(=O)[C@H]3CCC(=O)N3S(=O)(=O)c3ccccc3)CC2)cc1. The molecule has 2 aromatic carbocycles. The molecule has 31 heavy (non-hydrogen) atoms. The van der Waals surface area contributed by atoms with Crippen LogP contribution in [0.2, 0.25) is 0 Å². The zero-order valence-electron chi connectivity index (χ0n) is 17.3. The highest BCUT2D eigenvalue weighted by molar-refractivity contribution is 7.89. The van der Waals surface area contributed by atoms with Gasteiger partial charge in [-0.25, -0.2) is 12.7 Å². The van der Waals surface area contributed by atoms with Crippen molar-refractivity contribution in [3.05, 3.63) is 54.6 Å². The molecule has 0 bridgehead atoms. The van der Waals surface area contributed by atoms with Crippen molar-refractivity contribution >= 4 is 27.5 Å². The normalized spacial score (nSPS) is 19.6. The van der Waals surface area contributed by atoms with Crippen LogP contribution in [0.15, 0.2) is 59.5 Å². The number of hydrogen-bond donors (Lipinski definition) is 0. The number of methoxy groups -OCH3 is 1. The molecule has 0 N–H and O–H groups in total. The van der Waals surface area contributed by atoms with E-state index >= 15 is 0 Å². The minimum absolute atomic E-state index is 0.0207. The molecule has 2 aliphatic rings. The minimum atomic E-state index is -4.07. The van der Waals surface area contributed by atoms with Crippen molar-refractivity contribution in [2.45, 2.75) is 23.8 Å². The van der Waals surface area contributed by atoms with Crippen LogP contribution in [-0.4, -0.2) is 68.8 Å². The molecule has 0 unspecified atom stereocenters. The third-order valence-electron chi connectivity index (χ3n) is 5.77. The smallest absolute Gasteiger partial charge is 0.267 e. The highest BCUT2D eigenvalue weighted by atomic mass is 32.2. The van der Waals surface area contributed by atoms with Crippen molar-refractivity contribution in [3.8, 4) is 5.75 Å². The number of hydrogen-bond acceptors (Lipinski definition) is 6. The summed E-state index contributed by atoms with van der Waals surface area (Å²) in [4.78, 5) is 29.5. The summed E-state index contributed by atoms with van der Waals surface area (Å²) in [7, 11) is -2.45. The van der Waals surface area contributed by atoms with Gasteiger partial charge in [-0.2, -0.15) is 0 Å². The number of anilines is 1. The van der Waals surface area contributed by atoms with E-state index in [1.54, 1.807) is 30.2 Å². The Kier molecular flexibility index (Phi) is 5.86. The molecular formula is C22H25N3O5S. The Morgan fingerprint density at radius 3 is 2.23 bits per heavy atom. The van der Waals surface area contributed by atoms with E-state index in [-0.39, 0.29) is 23.6 Å². The predicted molar refractivity (Wildman–Crippen MR) is 115 cm³/mol. The zero-order chi connectivity index (χ0) is 22.0. The number of amides is 2. The lowest BCUT2D eigenvalue weighted by atomic mass is 10.1. The van der Waals surface area contributed by atoms with E-state index in [1.165, 1.54) is 12.1 Å². The Labute approximate surface area is 182 Å². The van der Waals surface area contributed by atoms with Gasteiger partial charge in [0, 0.05) is 38.3 Å². The first-order valence-corrected chi connectivity index (χ1v) is 11.7. The van der Waals surface area contributed by atoms with E-state index in [2.05, 4.69) is 4.90 Å². The fraction of sp³-hybridized carbons (Fsp3) is 0.364. The lowest BCUT2D eigenvalue weighted by Crippen LogP contribution is -2.55. The molecule has 2 heterocycles. The summed E-state index contributed by atoms with van der Waals surface area (Å²) >= 11 is 0. The van der Waals surface area contributed by atoms with E-state index in [0.29, 0.717) is 26.2 Å². The summed E-state index contributed by atoms with van der Waals surface area (Å²) in [6.45, 7) is 2.19. The number of nitrogens with zero attached hydrogens (tertiary/aromatic N) is 3. The monoisotopic (exact) mass is 443 g/mol. The van der Waals surface area contributed by atoms with E-state index in [1.807, 2.05) is 24.3 Å². The van der Waals surface area contributed by atoms with Gasteiger partial charge in [0.15, 0.2) is 0 Å². The molecule has 2 fully saturated rings. The highest BCUT2D eigenvalue weighted by Gasteiger charge is 2.45. The average molecular weight is 444 g/mol. The van der Waals surface area contributed by atoms with E-state index in [0.717, 1.165) is 15.7 Å². The topological polar surface area (TPSA) is 87.2 Å². The summed E-state index contributed by atoms with van der Waals surface area (Å²) < 4.78 is 32.1. The maximum absolute atomic E-state index is 13.2. The molecule has 0 aromatic heterocycles. The van der Waals surface area contributed by atoms with Crippen LogP contribution in [-0.2, 0) is 19.6 Å². The second-order valence-corrected chi connectivity index (χ2v) is 9.39. The summed E-state index contributed by atoms with van der Waals surface area (Å²) in [5.41, 5.74) is 1.04. The van der Waals surface area contributed by atoms with Crippen LogP contribution in [0.25, 0.3) is 0 Å². The van der Waals surface area contributed by atoms with Gasteiger partial charge in [0.2, 0.25) is 11.8 Å². The van der Waals surface area contributed by atoms with Crippen LogP contribution >= 0.6 is 0 Å². The van der Waals surface area contributed by atoms with Crippen molar-refractivity contribution in [1.29, 1.82) is 0 Å². The van der Waals surface area contributed by atoms with Crippen molar-refractivity contribution in [3.63, 3.8) is 0 Å². The van der Waals surface area contributed by atoms with Gasteiger partial charge in [0.05, 0.1) is 12.0 Å². The summed E-state index contributed by atoms with van der Waals surface area (Å²) in [5, 5.41) is 0. The van der Waals surface area contributed by atoms with Gasteiger partial charge in [-0.3, -0.25) is 9.59 Å². The first-order chi connectivity index (χ1) is 14.9. The van der Waals surface area contributed by atoms with Crippen LogP contribution in [0, 0.1) is 0 Å². The molecule has 8 nitrogen and oxygen atoms in total. The van der Waals surface area contributed by atoms with E-state index in [4.69, 9.17) is 4.74 Å². The molecule has 0 saturated carbocycles. The van der Waals surface area contributed by atoms with Crippen LogP contribution in [0.3, 0.4) is 0 Å². The Bertz CT molecular complexity index is 1050. The zero-order valence-corrected chi connectivity index (χ0v) is 18.1. The molecule has 2 aromatic rings. The Morgan fingerprint density at radius 1 is 0.968 bits per heavy atom. The van der Waals surface area contributed by atoms with Crippen molar-refractivity contribution in [2.24, 2.45) is 0 Å². The molecular weight excluding hydrogens is 418 g/mol. The summed E-state index contributed by atoms with van der Waals surface area (Å²) in [5.74, 6) is -0.0537. The number of carbonyl (C=O) groups excluding carboxylic acids is 2. The number of carbonyl (C=O) groups is 2. The van der Waals surface area contributed by atoms with Crippen LogP contribution in [0.1, 0.15) is 12.8 Å². The van der Waals surface area contributed by atoms with Crippen LogP contribution < -0.4 is 9.64 Å². The van der Waals surface area contributed by atoms with Crippen molar-refractivity contribution in [1.82, 2.24) is 9.21 Å². The minimum Gasteiger partial charge on any atom is -0.497 e. The molecule has 2 saturated heterocycles. The van der Waals surface area contributed by atoms with Gasteiger partial charge in [-0.05, 0) is 42.8 Å². The third kappa shape index (κ3) is 4.10. The van der Waals surface area contributed by atoms with Crippen molar-refractivity contribution in [2.75, 3.05) is 38.2 Å². The van der Waals surface area contributed by atoms with Gasteiger partial charge in [-0.15, -0.1) is 0 Å². The largest absolute Gasteiger partial charge is 0.497 e. The molecule has 2 aliphatic heterocycles. The number of sulfonamides is 1. The Hall–Kier alpha value is -3.07. The Morgan fingerprint density at radius 2 is 1.61 bits per heavy atom.